The van der Waals surface area contributed by atoms with E-state index in [-0.39, 0.29) is 0 Å². The molecule has 0 aliphatic carbocycles. The highest BCUT2D eigenvalue weighted by molar-refractivity contribution is 5.39. The fourth-order valence-corrected chi connectivity index (χ4v) is 3.42. The molecular formula is C16H24N2O. The summed E-state index contributed by atoms with van der Waals surface area (Å²) >= 11 is 0. The topological polar surface area (TPSA) is 38.5 Å². The molecule has 0 aromatic heterocycles. The molecule has 0 bridgehead atoms. The number of nitrogens with zero attached hydrogens (tertiary/aromatic N) is 1. The van der Waals surface area contributed by atoms with Gasteiger partial charge in [0.2, 0.25) is 0 Å². The van der Waals surface area contributed by atoms with Crippen LogP contribution in [0.2, 0.25) is 0 Å². The predicted octanol–water partition coefficient (Wildman–Crippen LogP) is 2.22. The predicted molar refractivity (Wildman–Crippen MR) is 77.5 cm³/mol. The highest BCUT2D eigenvalue weighted by atomic mass is 16.5. The third kappa shape index (κ3) is 2.63. The highest BCUT2D eigenvalue weighted by Crippen LogP contribution is 2.34. The molecule has 1 aromatic carbocycles. The number of rotatable bonds is 3. The number of para-hydroxylation sites is 1. The molecule has 3 unspecified atom stereocenters. The highest BCUT2D eigenvalue weighted by Gasteiger charge is 2.30. The first-order valence-electron chi connectivity index (χ1n) is 7.47. The minimum atomic E-state index is 0.397. The number of nitrogens with two attached hydrogens (primary N) is 1. The summed E-state index contributed by atoms with van der Waals surface area (Å²) in [5, 5.41) is 0. The second-order valence-corrected chi connectivity index (χ2v) is 5.93. The lowest BCUT2D eigenvalue weighted by Crippen LogP contribution is -2.48. The van der Waals surface area contributed by atoms with Gasteiger partial charge in [0.25, 0.3) is 0 Å². The second-order valence-electron chi connectivity index (χ2n) is 5.93. The largest absolute Gasteiger partial charge is 0.493 e. The third-order valence-corrected chi connectivity index (χ3v) is 4.68. The van der Waals surface area contributed by atoms with Crippen LogP contribution in [0, 0.1) is 5.92 Å². The Balaban J connectivity index is 1.64. The van der Waals surface area contributed by atoms with Crippen molar-refractivity contribution < 1.29 is 4.74 Å². The first-order chi connectivity index (χ1) is 9.28. The smallest absolute Gasteiger partial charge is 0.122 e. The van der Waals surface area contributed by atoms with Gasteiger partial charge in [-0.15, -0.1) is 0 Å². The fraction of sp³-hybridized carbons (Fsp3) is 0.625. The molecule has 0 saturated carbocycles. The van der Waals surface area contributed by atoms with E-state index in [0.717, 1.165) is 38.4 Å². The van der Waals surface area contributed by atoms with Crippen LogP contribution >= 0.6 is 0 Å². The van der Waals surface area contributed by atoms with Gasteiger partial charge in [-0.2, -0.15) is 0 Å². The Morgan fingerprint density at radius 3 is 3.05 bits per heavy atom. The Labute approximate surface area is 115 Å². The standard InChI is InChI=1S/C16H24N2O/c1-2-12-9-18(8-7-15(12)17)10-13-11-19-16-6-4-3-5-14(13)16/h3-6,12-13,15H,2,7-11,17H2,1H3. The van der Waals surface area contributed by atoms with Crippen molar-refractivity contribution in [3.05, 3.63) is 29.8 Å². The van der Waals surface area contributed by atoms with E-state index in [1.807, 2.05) is 6.07 Å². The van der Waals surface area contributed by atoms with Crippen molar-refractivity contribution in [2.45, 2.75) is 31.7 Å². The van der Waals surface area contributed by atoms with Crippen LogP contribution in [0.1, 0.15) is 31.2 Å². The van der Waals surface area contributed by atoms with Gasteiger partial charge in [-0.3, -0.25) is 0 Å². The lowest BCUT2D eigenvalue weighted by molar-refractivity contribution is 0.139. The van der Waals surface area contributed by atoms with Gasteiger partial charge in [-0.05, 0) is 24.9 Å². The van der Waals surface area contributed by atoms with Gasteiger partial charge in [0.15, 0.2) is 0 Å². The maximum absolute atomic E-state index is 6.19. The monoisotopic (exact) mass is 260 g/mol. The number of hydrogen-bond acceptors (Lipinski definition) is 3. The molecule has 0 radical (unpaired) electrons. The lowest BCUT2D eigenvalue weighted by Gasteiger charge is -2.37. The Kier molecular flexibility index (Phi) is 3.76. The van der Waals surface area contributed by atoms with Crippen LogP contribution in [0.4, 0.5) is 0 Å². The van der Waals surface area contributed by atoms with Crippen LogP contribution in [0.3, 0.4) is 0 Å². The summed E-state index contributed by atoms with van der Waals surface area (Å²) in [6.45, 7) is 6.48. The van der Waals surface area contributed by atoms with Gasteiger partial charge in [0.05, 0.1) is 6.61 Å². The van der Waals surface area contributed by atoms with Gasteiger partial charge in [0.1, 0.15) is 5.75 Å². The molecule has 104 valence electrons. The van der Waals surface area contributed by atoms with Crippen molar-refractivity contribution in [2.24, 2.45) is 11.7 Å². The van der Waals surface area contributed by atoms with Gasteiger partial charge in [-0.1, -0.05) is 31.5 Å². The van der Waals surface area contributed by atoms with Gasteiger partial charge in [0, 0.05) is 30.6 Å². The van der Waals surface area contributed by atoms with Crippen molar-refractivity contribution in [2.75, 3.05) is 26.2 Å². The molecule has 3 heteroatoms. The zero-order valence-electron chi connectivity index (χ0n) is 11.7. The number of ether oxygens (including phenoxy) is 1. The zero-order valence-corrected chi connectivity index (χ0v) is 11.7. The quantitative estimate of drug-likeness (QED) is 0.905. The molecule has 3 nitrogen and oxygen atoms in total. The summed E-state index contributed by atoms with van der Waals surface area (Å²) < 4.78 is 5.78. The first kappa shape index (κ1) is 12.9. The molecule has 1 fully saturated rings. The molecule has 2 N–H and O–H groups in total. The molecule has 3 rings (SSSR count). The van der Waals surface area contributed by atoms with Gasteiger partial charge < -0.3 is 15.4 Å². The van der Waals surface area contributed by atoms with Gasteiger partial charge >= 0.3 is 0 Å². The van der Waals surface area contributed by atoms with Gasteiger partial charge in [-0.25, -0.2) is 0 Å². The Hall–Kier alpha value is -1.06. The van der Waals surface area contributed by atoms with Crippen LogP contribution in [0.15, 0.2) is 24.3 Å². The van der Waals surface area contributed by atoms with Crippen molar-refractivity contribution in [3.63, 3.8) is 0 Å². The summed E-state index contributed by atoms with van der Waals surface area (Å²) in [5.74, 6) is 2.27. The van der Waals surface area contributed by atoms with E-state index in [0.29, 0.717) is 17.9 Å². The fourth-order valence-electron chi connectivity index (χ4n) is 3.42. The zero-order chi connectivity index (χ0) is 13.2. The summed E-state index contributed by atoms with van der Waals surface area (Å²) in [7, 11) is 0. The average molecular weight is 260 g/mol. The SMILES string of the molecule is CCC1CN(CC2COc3ccccc32)CCC1N. The molecule has 19 heavy (non-hydrogen) atoms. The number of benzene rings is 1. The van der Waals surface area contributed by atoms with Crippen molar-refractivity contribution in [1.82, 2.24) is 4.90 Å². The van der Waals surface area contributed by atoms with E-state index in [1.165, 1.54) is 12.0 Å². The molecular weight excluding hydrogens is 236 g/mol. The lowest BCUT2D eigenvalue weighted by atomic mass is 9.89. The van der Waals surface area contributed by atoms with E-state index >= 15 is 0 Å². The number of piperidine rings is 1. The molecule has 2 aliphatic heterocycles. The van der Waals surface area contributed by atoms with E-state index in [2.05, 4.69) is 30.0 Å². The number of fused-ring (bicyclic) bond motifs is 1. The normalized spacial score (nSPS) is 30.9. The number of hydrogen-bond donors (Lipinski definition) is 1. The summed E-state index contributed by atoms with van der Waals surface area (Å²) in [4.78, 5) is 2.58. The molecule has 2 heterocycles. The third-order valence-electron chi connectivity index (χ3n) is 4.68. The molecule has 0 amide bonds. The Bertz CT molecular complexity index is 435. The molecule has 1 aromatic rings. The molecule has 3 atom stereocenters. The maximum Gasteiger partial charge on any atom is 0.122 e. The minimum absolute atomic E-state index is 0.397. The number of likely N-dealkylation sites (tertiary alicyclic amines) is 1. The van der Waals surface area contributed by atoms with E-state index < -0.39 is 0 Å². The van der Waals surface area contributed by atoms with Crippen molar-refractivity contribution in [3.8, 4) is 5.75 Å². The Morgan fingerprint density at radius 2 is 2.21 bits per heavy atom. The molecule has 1 saturated heterocycles. The summed E-state index contributed by atoms with van der Waals surface area (Å²) in [6.07, 6.45) is 2.32. The summed E-state index contributed by atoms with van der Waals surface area (Å²) in [5.41, 5.74) is 7.57. The second kappa shape index (κ2) is 5.51. The van der Waals surface area contributed by atoms with E-state index in [4.69, 9.17) is 10.5 Å². The average Bonchev–Trinajstić information content (AvgIpc) is 2.84. The van der Waals surface area contributed by atoms with Crippen LogP contribution in [0.25, 0.3) is 0 Å². The maximum atomic E-state index is 6.19. The van der Waals surface area contributed by atoms with Crippen LogP contribution in [-0.4, -0.2) is 37.2 Å². The first-order valence-corrected chi connectivity index (χ1v) is 7.47. The van der Waals surface area contributed by atoms with Crippen LogP contribution in [0.5, 0.6) is 5.75 Å². The van der Waals surface area contributed by atoms with E-state index in [1.54, 1.807) is 0 Å². The van der Waals surface area contributed by atoms with Crippen LogP contribution in [-0.2, 0) is 0 Å². The van der Waals surface area contributed by atoms with Crippen LogP contribution < -0.4 is 10.5 Å². The molecule has 0 spiro atoms. The summed E-state index contributed by atoms with van der Waals surface area (Å²) in [6, 6.07) is 8.85. The van der Waals surface area contributed by atoms with E-state index in [9.17, 15) is 0 Å². The van der Waals surface area contributed by atoms with Crippen molar-refractivity contribution >= 4 is 0 Å². The minimum Gasteiger partial charge on any atom is -0.493 e. The molecule has 2 aliphatic rings. The Morgan fingerprint density at radius 1 is 1.37 bits per heavy atom. The van der Waals surface area contributed by atoms with Crippen molar-refractivity contribution in [1.29, 1.82) is 0 Å².